The van der Waals surface area contributed by atoms with Crippen LogP contribution >= 0.6 is 0 Å². The predicted molar refractivity (Wildman–Crippen MR) is 73.5 cm³/mol. The summed E-state index contributed by atoms with van der Waals surface area (Å²) >= 11 is 0. The Labute approximate surface area is 120 Å². The molecule has 0 bridgehead atoms. The van der Waals surface area contributed by atoms with Crippen LogP contribution in [0.15, 0.2) is 41.3 Å². The van der Waals surface area contributed by atoms with Gasteiger partial charge in [-0.2, -0.15) is 0 Å². The molecule has 0 aliphatic heterocycles. The Hall–Kier alpha value is -2.19. The molecule has 2 aromatic rings. The molecule has 3 N–H and O–H groups in total. The van der Waals surface area contributed by atoms with E-state index in [1.165, 1.54) is 25.2 Å². The second-order valence-corrected chi connectivity index (χ2v) is 5.94. The highest BCUT2D eigenvalue weighted by atomic mass is 32.2. The number of rotatable bonds is 4. The lowest BCUT2D eigenvalue weighted by Gasteiger charge is -2.10. The van der Waals surface area contributed by atoms with Gasteiger partial charge >= 0.3 is 0 Å². The number of halogens is 2. The molecule has 112 valence electrons. The normalized spacial score (nSPS) is 11.4. The van der Waals surface area contributed by atoms with Gasteiger partial charge in [-0.15, -0.1) is 0 Å². The lowest BCUT2D eigenvalue weighted by atomic mass is 10.3. The van der Waals surface area contributed by atoms with Crippen LogP contribution in [0.5, 0.6) is 11.5 Å². The number of sulfonamides is 1. The summed E-state index contributed by atoms with van der Waals surface area (Å²) in [6.07, 6.45) is 0. The average Bonchev–Trinajstić information content (AvgIpc) is 2.42. The topological polar surface area (TPSA) is 81.4 Å². The van der Waals surface area contributed by atoms with E-state index in [2.05, 4.69) is 4.72 Å². The van der Waals surface area contributed by atoms with Gasteiger partial charge < -0.3 is 10.5 Å². The van der Waals surface area contributed by atoms with E-state index in [9.17, 15) is 17.2 Å². The SMILES string of the molecule is CNS(=O)(=O)c1ccc(Oc2ccc(F)cc2F)cc1N. The molecule has 0 saturated carbocycles. The maximum absolute atomic E-state index is 13.5. The lowest BCUT2D eigenvalue weighted by Crippen LogP contribution is -2.19. The number of ether oxygens (including phenoxy) is 1. The van der Waals surface area contributed by atoms with E-state index < -0.39 is 21.7 Å². The molecule has 2 aromatic carbocycles. The molecule has 0 heterocycles. The zero-order valence-corrected chi connectivity index (χ0v) is 11.7. The zero-order chi connectivity index (χ0) is 15.6. The van der Waals surface area contributed by atoms with Crippen molar-refractivity contribution in [3.05, 3.63) is 48.0 Å². The van der Waals surface area contributed by atoms with E-state index >= 15 is 0 Å². The Kier molecular flexibility index (Phi) is 4.10. The van der Waals surface area contributed by atoms with Gasteiger partial charge in [0, 0.05) is 12.1 Å². The first-order valence-electron chi connectivity index (χ1n) is 5.79. The predicted octanol–water partition coefficient (Wildman–Crippen LogP) is 2.25. The highest BCUT2D eigenvalue weighted by Crippen LogP contribution is 2.29. The first-order chi connectivity index (χ1) is 9.83. The van der Waals surface area contributed by atoms with E-state index in [0.717, 1.165) is 12.1 Å². The van der Waals surface area contributed by atoms with Gasteiger partial charge in [-0.25, -0.2) is 21.9 Å². The summed E-state index contributed by atoms with van der Waals surface area (Å²) in [6.45, 7) is 0. The maximum Gasteiger partial charge on any atom is 0.242 e. The van der Waals surface area contributed by atoms with Crippen LogP contribution in [0.4, 0.5) is 14.5 Å². The summed E-state index contributed by atoms with van der Waals surface area (Å²) in [5.41, 5.74) is 5.59. The average molecular weight is 314 g/mol. The smallest absolute Gasteiger partial charge is 0.242 e. The number of nitrogens with two attached hydrogens (primary N) is 1. The minimum absolute atomic E-state index is 0.0515. The van der Waals surface area contributed by atoms with Gasteiger partial charge in [0.1, 0.15) is 16.5 Å². The monoisotopic (exact) mass is 314 g/mol. The number of nitrogens with one attached hydrogen (secondary N) is 1. The summed E-state index contributed by atoms with van der Waals surface area (Å²) in [6, 6.07) is 6.65. The fourth-order valence-electron chi connectivity index (χ4n) is 1.63. The van der Waals surface area contributed by atoms with Crippen LogP contribution in [0.1, 0.15) is 0 Å². The highest BCUT2D eigenvalue weighted by Gasteiger charge is 2.16. The van der Waals surface area contributed by atoms with Crippen molar-refractivity contribution in [2.24, 2.45) is 0 Å². The van der Waals surface area contributed by atoms with Crippen LogP contribution in [-0.4, -0.2) is 15.5 Å². The van der Waals surface area contributed by atoms with Crippen LogP contribution in [0, 0.1) is 11.6 Å². The van der Waals surface area contributed by atoms with Crippen LogP contribution in [0.3, 0.4) is 0 Å². The summed E-state index contributed by atoms with van der Waals surface area (Å²) in [7, 11) is -2.43. The van der Waals surface area contributed by atoms with Gasteiger partial charge in [0.25, 0.3) is 0 Å². The molecule has 0 spiro atoms. The molecule has 0 aliphatic rings. The van der Waals surface area contributed by atoms with Crippen LogP contribution in [-0.2, 0) is 10.0 Å². The van der Waals surface area contributed by atoms with Crippen molar-refractivity contribution < 1.29 is 21.9 Å². The van der Waals surface area contributed by atoms with Gasteiger partial charge in [-0.3, -0.25) is 0 Å². The van der Waals surface area contributed by atoms with Crippen molar-refractivity contribution in [1.82, 2.24) is 4.72 Å². The molecular formula is C13H12F2N2O3S. The highest BCUT2D eigenvalue weighted by molar-refractivity contribution is 7.89. The van der Waals surface area contributed by atoms with Crippen molar-refractivity contribution in [3.63, 3.8) is 0 Å². The molecule has 0 aromatic heterocycles. The van der Waals surface area contributed by atoms with Crippen molar-refractivity contribution in [3.8, 4) is 11.5 Å². The second kappa shape index (κ2) is 5.66. The van der Waals surface area contributed by atoms with E-state index in [0.29, 0.717) is 6.07 Å². The molecular weight excluding hydrogens is 302 g/mol. The molecule has 0 atom stereocenters. The fourth-order valence-corrected chi connectivity index (χ4v) is 2.47. The molecule has 0 fully saturated rings. The number of hydrogen-bond acceptors (Lipinski definition) is 4. The van der Waals surface area contributed by atoms with Gasteiger partial charge in [-0.05, 0) is 31.3 Å². The summed E-state index contributed by atoms with van der Waals surface area (Å²) in [4.78, 5) is -0.114. The van der Waals surface area contributed by atoms with E-state index in [1.807, 2.05) is 0 Å². The molecule has 0 radical (unpaired) electrons. The van der Waals surface area contributed by atoms with Gasteiger partial charge in [0.15, 0.2) is 11.6 Å². The molecule has 21 heavy (non-hydrogen) atoms. The molecule has 0 unspecified atom stereocenters. The van der Waals surface area contributed by atoms with Crippen LogP contribution in [0.25, 0.3) is 0 Å². The van der Waals surface area contributed by atoms with Crippen molar-refractivity contribution >= 4 is 15.7 Å². The van der Waals surface area contributed by atoms with Crippen LogP contribution < -0.4 is 15.2 Å². The zero-order valence-electron chi connectivity index (χ0n) is 10.9. The fraction of sp³-hybridized carbons (Fsp3) is 0.0769. The Morgan fingerprint density at radius 1 is 1.14 bits per heavy atom. The Morgan fingerprint density at radius 3 is 2.43 bits per heavy atom. The maximum atomic E-state index is 13.5. The minimum atomic E-state index is -3.69. The number of anilines is 1. The Morgan fingerprint density at radius 2 is 1.86 bits per heavy atom. The van der Waals surface area contributed by atoms with Crippen molar-refractivity contribution in [2.75, 3.05) is 12.8 Å². The molecule has 0 aliphatic carbocycles. The minimum Gasteiger partial charge on any atom is -0.454 e. The lowest BCUT2D eigenvalue weighted by molar-refractivity contribution is 0.437. The molecule has 0 amide bonds. The molecule has 8 heteroatoms. The third-order valence-corrected chi connectivity index (χ3v) is 4.15. The molecule has 5 nitrogen and oxygen atoms in total. The first-order valence-corrected chi connectivity index (χ1v) is 7.28. The summed E-state index contributed by atoms with van der Waals surface area (Å²) in [5, 5.41) is 0. The Balaban J connectivity index is 2.33. The number of hydrogen-bond donors (Lipinski definition) is 2. The summed E-state index contributed by atoms with van der Waals surface area (Å²) < 4.78 is 56.9. The van der Waals surface area contributed by atoms with E-state index in [4.69, 9.17) is 10.5 Å². The summed E-state index contributed by atoms with van der Waals surface area (Å²) in [5.74, 6) is -1.66. The Bertz CT molecular complexity index is 779. The second-order valence-electron chi connectivity index (χ2n) is 4.08. The van der Waals surface area contributed by atoms with Gasteiger partial charge in [-0.1, -0.05) is 0 Å². The van der Waals surface area contributed by atoms with Crippen LogP contribution in [0.2, 0.25) is 0 Å². The largest absolute Gasteiger partial charge is 0.454 e. The molecule has 0 saturated heterocycles. The van der Waals surface area contributed by atoms with Crippen molar-refractivity contribution in [1.29, 1.82) is 0 Å². The van der Waals surface area contributed by atoms with Gasteiger partial charge in [0.05, 0.1) is 5.69 Å². The van der Waals surface area contributed by atoms with E-state index in [1.54, 1.807) is 0 Å². The van der Waals surface area contributed by atoms with Crippen molar-refractivity contribution in [2.45, 2.75) is 4.90 Å². The number of benzene rings is 2. The first kappa shape index (κ1) is 15.2. The standard InChI is InChI=1S/C13H12F2N2O3S/c1-17-21(18,19)13-5-3-9(7-11(13)16)20-12-4-2-8(14)6-10(12)15/h2-7,17H,16H2,1H3. The number of nitrogen functional groups attached to an aromatic ring is 1. The molecule has 2 rings (SSSR count). The van der Waals surface area contributed by atoms with E-state index in [-0.39, 0.29) is 22.1 Å². The third kappa shape index (κ3) is 3.29. The van der Waals surface area contributed by atoms with Gasteiger partial charge in [0.2, 0.25) is 10.0 Å². The quantitative estimate of drug-likeness (QED) is 0.848. The third-order valence-electron chi connectivity index (χ3n) is 2.66.